The van der Waals surface area contributed by atoms with Crippen molar-refractivity contribution in [3.05, 3.63) is 27.4 Å². The zero-order valence-electron chi connectivity index (χ0n) is 8.00. The van der Waals surface area contributed by atoms with Crippen molar-refractivity contribution in [2.24, 2.45) is 0 Å². The van der Waals surface area contributed by atoms with Crippen LogP contribution in [0.15, 0.2) is 4.79 Å². The molecule has 0 unspecified atom stereocenters. The van der Waals surface area contributed by atoms with Gasteiger partial charge in [-0.15, -0.1) is 0 Å². The summed E-state index contributed by atoms with van der Waals surface area (Å²) in [5, 5.41) is 0. The summed E-state index contributed by atoms with van der Waals surface area (Å²) < 4.78 is 0. The number of hydrogen-bond donors (Lipinski definition) is 1. The van der Waals surface area contributed by atoms with Gasteiger partial charge in [0.15, 0.2) is 0 Å². The molecule has 1 N–H and O–H groups in total. The van der Waals surface area contributed by atoms with Crippen LogP contribution in [0.3, 0.4) is 0 Å². The molecular weight excluding hydrogens is 216 g/mol. The van der Waals surface area contributed by atoms with E-state index >= 15 is 0 Å². The molecule has 1 aliphatic heterocycles. The first-order valence-corrected chi connectivity index (χ1v) is 6.88. The second-order valence-corrected chi connectivity index (χ2v) is 5.33. The molecule has 1 aromatic heterocycles. The summed E-state index contributed by atoms with van der Waals surface area (Å²) in [5.41, 5.74) is 1.93. The predicted octanol–water partition coefficient (Wildman–Crippen LogP) is 1.77. The Morgan fingerprint density at radius 1 is 1.57 bits per heavy atom. The molecule has 0 amide bonds. The van der Waals surface area contributed by atoms with E-state index in [2.05, 4.69) is 16.9 Å². The summed E-state index contributed by atoms with van der Waals surface area (Å²) in [7, 11) is 0. The summed E-state index contributed by atoms with van der Waals surface area (Å²) >= 11 is 3.54. The van der Waals surface area contributed by atoms with E-state index < -0.39 is 0 Å². The first-order chi connectivity index (χ1) is 6.81. The van der Waals surface area contributed by atoms with Crippen molar-refractivity contribution < 1.29 is 0 Å². The number of nitrogens with one attached hydrogen (secondary N) is 1. The van der Waals surface area contributed by atoms with Gasteiger partial charge in [0.2, 0.25) is 0 Å². The summed E-state index contributed by atoms with van der Waals surface area (Å²) in [6.45, 7) is 2.10. The van der Waals surface area contributed by atoms with Crippen LogP contribution in [0.1, 0.15) is 24.0 Å². The van der Waals surface area contributed by atoms with Crippen molar-refractivity contribution in [1.82, 2.24) is 9.97 Å². The monoisotopic (exact) mass is 228 g/mol. The fraction of sp³-hybridized carbons (Fsp3) is 0.556. The number of rotatable bonds is 3. The van der Waals surface area contributed by atoms with Crippen molar-refractivity contribution in [2.75, 3.05) is 5.75 Å². The molecule has 0 fully saturated rings. The third kappa shape index (κ3) is 1.98. The lowest BCUT2D eigenvalue weighted by Gasteiger charge is -2.01. The Kier molecular flexibility index (Phi) is 3.18. The molecule has 0 aliphatic carbocycles. The lowest BCUT2D eigenvalue weighted by Crippen LogP contribution is -2.16. The van der Waals surface area contributed by atoms with Gasteiger partial charge in [0.1, 0.15) is 5.82 Å². The highest BCUT2D eigenvalue weighted by atomic mass is 32.2. The van der Waals surface area contributed by atoms with E-state index in [-0.39, 0.29) is 5.56 Å². The molecular formula is C9H12N2OS2. The van der Waals surface area contributed by atoms with E-state index in [9.17, 15) is 4.79 Å². The number of thioether (sulfide) groups is 2. The van der Waals surface area contributed by atoms with Crippen molar-refractivity contribution in [3.63, 3.8) is 0 Å². The Balaban J connectivity index is 2.28. The van der Waals surface area contributed by atoms with Crippen molar-refractivity contribution >= 4 is 23.5 Å². The summed E-state index contributed by atoms with van der Waals surface area (Å²) in [6, 6.07) is 0. The van der Waals surface area contributed by atoms with E-state index in [0.29, 0.717) is 0 Å². The Labute approximate surface area is 91.1 Å². The van der Waals surface area contributed by atoms with Gasteiger partial charge in [-0.3, -0.25) is 4.79 Å². The number of aromatic amines is 1. The molecule has 1 aliphatic rings. The minimum absolute atomic E-state index is 0.0618. The highest BCUT2D eigenvalue weighted by Crippen LogP contribution is 2.25. The van der Waals surface area contributed by atoms with Crippen LogP contribution < -0.4 is 5.56 Å². The molecule has 0 saturated carbocycles. The summed E-state index contributed by atoms with van der Waals surface area (Å²) in [4.78, 5) is 18.9. The number of fused-ring (bicyclic) bond motifs is 1. The quantitative estimate of drug-likeness (QED) is 0.856. The van der Waals surface area contributed by atoms with E-state index in [4.69, 9.17) is 0 Å². The molecule has 14 heavy (non-hydrogen) atoms. The Hall–Kier alpha value is -0.420. The summed E-state index contributed by atoms with van der Waals surface area (Å²) in [6.07, 6.45) is 0. The maximum atomic E-state index is 11.6. The minimum Gasteiger partial charge on any atom is -0.310 e. The highest BCUT2D eigenvalue weighted by Gasteiger charge is 2.17. The van der Waals surface area contributed by atoms with Gasteiger partial charge in [-0.05, 0) is 5.75 Å². The maximum Gasteiger partial charge on any atom is 0.255 e. The first-order valence-electron chi connectivity index (χ1n) is 4.57. The van der Waals surface area contributed by atoms with Crippen LogP contribution in [0.2, 0.25) is 0 Å². The smallest absolute Gasteiger partial charge is 0.255 e. The van der Waals surface area contributed by atoms with Crippen LogP contribution in [0, 0.1) is 0 Å². The lowest BCUT2D eigenvalue weighted by molar-refractivity contribution is 0.944. The Bertz CT molecular complexity index is 389. The van der Waals surface area contributed by atoms with E-state index in [1.165, 1.54) is 0 Å². The molecule has 0 saturated heterocycles. The topological polar surface area (TPSA) is 45.8 Å². The normalized spacial score (nSPS) is 14.4. The Morgan fingerprint density at radius 3 is 3.21 bits per heavy atom. The third-order valence-corrected chi connectivity index (χ3v) is 3.93. The molecule has 0 atom stereocenters. The molecule has 2 heterocycles. The zero-order valence-corrected chi connectivity index (χ0v) is 9.63. The fourth-order valence-electron chi connectivity index (χ4n) is 1.38. The largest absolute Gasteiger partial charge is 0.310 e. The Morgan fingerprint density at radius 2 is 2.43 bits per heavy atom. The van der Waals surface area contributed by atoms with Gasteiger partial charge in [0, 0.05) is 17.1 Å². The average molecular weight is 228 g/mol. The fourth-order valence-corrected chi connectivity index (χ4v) is 2.95. The average Bonchev–Trinajstić information content (AvgIpc) is 2.63. The standard InChI is InChI=1S/C9H12N2OS2/c1-2-13-5-8-10-7-4-14-3-6(7)9(12)11-8/h2-5H2,1H3,(H,10,11,12). The van der Waals surface area contributed by atoms with Crippen LogP contribution in [0.4, 0.5) is 0 Å². The molecule has 0 radical (unpaired) electrons. The van der Waals surface area contributed by atoms with E-state index in [1.807, 2.05) is 0 Å². The molecule has 3 nitrogen and oxygen atoms in total. The number of H-pyrrole nitrogens is 1. The molecule has 1 aromatic rings. The van der Waals surface area contributed by atoms with Gasteiger partial charge >= 0.3 is 0 Å². The predicted molar refractivity (Wildman–Crippen MR) is 61.7 cm³/mol. The molecule has 0 bridgehead atoms. The molecule has 0 aromatic carbocycles. The van der Waals surface area contributed by atoms with Gasteiger partial charge in [-0.1, -0.05) is 6.92 Å². The van der Waals surface area contributed by atoms with Gasteiger partial charge in [-0.2, -0.15) is 23.5 Å². The molecule has 5 heteroatoms. The first kappa shape index (κ1) is 10.1. The second kappa shape index (κ2) is 4.40. The van der Waals surface area contributed by atoms with Gasteiger partial charge in [0.25, 0.3) is 5.56 Å². The lowest BCUT2D eigenvalue weighted by atomic mass is 10.3. The van der Waals surface area contributed by atoms with Crippen LogP contribution in [0.5, 0.6) is 0 Å². The van der Waals surface area contributed by atoms with Crippen molar-refractivity contribution in [2.45, 2.75) is 24.2 Å². The molecule has 2 rings (SSSR count). The molecule has 0 spiro atoms. The van der Waals surface area contributed by atoms with Crippen LogP contribution in [-0.2, 0) is 17.3 Å². The van der Waals surface area contributed by atoms with Crippen LogP contribution in [-0.4, -0.2) is 15.7 Å². The second-order valence-electron chi connectivity index (χ2n) is 3.07. The molecule has 76 valence electrons. The van der Waals surface area contributed by atoms with Gasteiger partial charge < -0.3 is 4.98 Å². The number of hydrogen-bond acceptors (Lipinski definition) is 4. The SMILES string of the molecule is CCSCc1nc2c(c(=O)[nH]1)CSC2. The number of nitrogens with zero attached hydrogens (tertiary/aromatic N) is 1. The minimum atomic E-state index is 0.0618. The summed E-state index contributed by atoms with van der Waals surface area (Å²) in [5.74, 6) is 4.39. The van der Waals surface area contributed by atoms with Crippen molar-refractivity contribution in [3.8, 4) is 0 Å². The van der Waals surface area contributed by atoms with Gasteiger partial charge in [-0.25, -0.2) is 4.98 Å². The zero-order chi connectivity index (χ0) is 9.97. The van der Waals surface area contributed by atoms with Crippen LogP contribution >= 0.6 is 23.5 Å². The number of aromatic nitrogens is 2. The van der Waals surface area contributed by atoms with E-state index in [1.54, 1.807) is 23.5 Å². The van der Waals surface area contributed by atoms with Gasteiger partial charge in [0.05, 0.1) is 11.4 Å². The van der Waals surface area contributed by atoms with Crippen molar-refractivity contribution in [1.29, 1.82) is 0 Å². The highest BCUT2D eigenvalue weighted by molar-refractivity contribution is 7.98. The maximum absolute atomic E-state index is 11.6. The third-order valence-electron chi connectivity index (χ3n) is 2.08. The van der Waals surface area contributed by atoms with E-state index in [0.717, 1.165) is 40.1 Å². The van der Waals surface area contributed by atoms with Crippen LogP contribution in [0.25, 0.3) is 0 Å².